The second-order valence-electron chi connectivity index (χ2n) is 4.44. The number of rotatable bonds is 1. The van der Waals surface area contributed by atoms with Crippen LogP contribution >= 0.6 is 0 Å². The average Bonchev–Trinajstić information content (AvgIpc) is 2.59. The van der Waals surface area contributed by atoms with Crippen molar-refractivity contribution in [1.82, 2.24) is 0 Å². The Bertz CT molecular complexity index is 659. The minimum Gasteiger partial charge on any atom is -0.295 e. The van der Waals surface area contributed by atoms with Crippen LogP contribution in [0.5, 0.6) is 0 Å². The zero-order valence-corrected chi connectivity index (χ0v) is 9.71. The van der Waals surface area contributed by atoms with Gasteiger partial charge < -0.3 is 0 Å². The van der Waals surface area contributed by atoms with Gasteiger partial charge in [-0.25, -0.2) is 0 Å². The molecule has 1 aliphatic rings. The van der Waals surface area contributed by atoms with E-state index in [2.05, 4.69) is 0 Å². The summed E-state index contributed by atoms with van der Waals surface area (Å²) in [6.07, 6.45) is 0. The molecule has 0 spiro atoms. The molecule has 0 aliphatic heterocycles. The maximum atomic E-state index is 14.3. The third kappa shape index (κ3) is 1.33. The molecule has 1 nitrogen and oxygen atoms in total. The molecule has 2 aromatic rings. The molecular weight excluding hydrogens is 234 g/mol. The molecular formula is C15H10F2O. The van der Waals surface area contributed by atoms with Gasteiger partial charge in [-0.2, -0.15) is 8.78 Å². The fourth-order valence-corrected chi connectivity index (χ4v) is 2.39. The van der Waals surface area contributed by atoms with E-state index >= 15 is 0 Å². The van der Waals surface area contributed by atoms with E-state index in [4.69, 9.17) is 0 Å². The van der Waals surface area contributed by atoms with Gasteiger partial charge in [0.25, 0.3) is 5.92 Å². The van der Waals surface area contributed by atoms with E-state index in [0.717, 1.165) is 0 Å². The number of Topliss-reactive ketones (excluding diaryl/α,β-unsaturated/α-hetero) is 1. The molecule has 0 radical (unpaired) electrons. The largest absolute Gasteiger partial charge is 0.299 e. The van der Waals surface area contributed by atoms with Crippen molar-refractivity contribution in [3.8, 4) is 11.1 Å². The summed E-state index contributed by atoms with van der Waals surface area (Å²) < 4.78 is 28.5. The number of carbonyl (C=O) groups excluding carboxylic acids is 1. The second kappa shape index (κ2) is 3.48. The number of hydrogen-bond acceptors (Lipinski definition) is 1. The maximum absolute atomic E-state index is 14.3. The molecule has 18 heavy (non-hydrogen) atoms. The molecule has 0 aromatic heterocycles. The number of benzene rings is 2. The highest BCUT2D eigenvalue weighted by molar-refractivity contribution is 5.95. The van der Waals surface area contributed by atoms with Gasteiger partial charge in [-0.15, -0.1) is 0 Å². The Labute approximate surface area is 103 Å². The molecule has 0 saturated heterocycles. The summed E-state index contributed by atoms with van der Waals surface area (Å²) in [4.78, 5) is 11.3. The van der Waals surface area contributed by atoms with Crippen LogP contribution in [0.3, 0.4) is 0 Å². The quantitative estimate of drug-likeness (QED) is 0.693. The molecule has 0 saturated carbocycles. The maximum Gasteiger partial charge on any atom is 0.299 e. The third-order valence-corrected chi connectivity index (χ3v) is 3.32. The standard InChI is InChI=1S/C15H10F2O/c1-9(18)10-6-7-12-11-4-2-3-5-13(11)15(16,17)14(12)8-10/h2-8H,1H3. The van der Waals surface area contributed by atoms with E-state index < -0.39 is 5.92 Å². The van der Waals surface area contributed by atoms with Gasteiger partial charge >= 0.3 is 0 Å². The molecule has 1 aliphatic carbocycles. The smallest absolute Gasteiger partial charge is 0.295 e. The normalized spacial score (nSPS) is 15.1. The molecule has 90 valence electrons. The third-order valence-electron chi connectivity index (χ3n) is 3.32. The van der Waals surface area contributed by atoms with Gasteiger partial charge in [0, 0.05) is 16.7 Å². The summed E-state index contributed by atoms with van der Waals surface area (Å²) in [5.74, 6) is -3.22. The molecule has 0 unspecified atom stereocenters. The summed E-state index contributed by atoms with van der Waals surface area (Å²) in [5.41, 5.74) is 1.33. The van der Waals surface area contributed by atoms with Crippen LogP contribution in [0.25, 0.3) is 11.1 Å². The first kappa shape index (κ1) is 11.1. The lowest BCUT2D eigenvalue weighted by Crippen LogP contribution is -2.11. The Balaban J connectivity index is 2.31. The molecule has 0 bridgehead atoms. The van der Waals surface area contributed by atoms with Crippen molar-refractivity contribution in [1.29, 1.82) is 0 Å². The van der Waals surface area contributed by atoms with E-state index in [9.17, 15) is 13.6 Å². The predicted octanol–water partition coefficient (Wildman–Crippen LogP) is 4.01. The highest BCUT2D eigenvalue weighted by Gasteiger charge is 2.44. The van der Waals surface area contributed by atoms with E-state index in [1.54, 1.807) is 30.3 Å². The topological polar surface area (TPSA) is 17.1 Å². The average molecular weight is 244 g/mol. The molecule has 0 N–H and O–H groups in total. The van der Waals surface area contributed by atoms with Gasteiger partial charge in [-0.3, -0.25) is 4.79 Å². The van der Waals surface area contributed by atoms with Gasteiger partial charge in [0.1, 0.15) is 0 Å². The minimum atomic E-state index is -3.02. The number of fused-ring (bicyclic) bond motifs is 3. The van der Waals surface area contributed by atoms with Crippen molar-refractivity contribution in [2.75, 3.05) is 0 Å². The molecule has 2 aromatic carbocycles. The molecule has 3 heteroatoms. The zero-order valence-electron chi connectivity index (χ0n) is 9.71. The van der Waals surface area contributed by atoms with Crippen LogP contribution in [0.1, 0.15) is 28.4 Å². The number of alkyl halides is 2. The zero-order chi connectivity index (χ0) is 12.9. The molecule has 0 atom stereocenters. The van der Waals surface area contributed by atoms with Gasteiger partial charge in [0.05, 0.1) is 0 Å². The summed E-state index contributed by atoms with van der Waals surface area (Å²) in [5, 5.41) is 0. The Morgan fingerprint density at radius 3 is 2.39 bits per heavy atom. The lowest BCUT2D eigenvalue weighted by Gasteiger charge is -2.12. The Morgan fingerprint density at radius 1 is 1.00 bits per heavy atom. The lowest BCUT2D eigenvalue weighted by molar-refractivity contribution is 0.0479. The summed E-state index contributed by atoms with van der Waals surface area (Å²) in [6, 6.07) is 11.0. The fraction of sp³-hybridized carbons (Fsp3) is 0.133. The van der Waals surface area contributed by atoms with Gasteiger partial charge in [0.2, 0.25) is 0 Å². The van der Waals surface area contributed by atoms with Crippen molar-refractivity contribution < 1.29 is 13.6 Å². The van der Waals surface area contributed by atoms with E-state index in [0.29, 0.717) is 16.7 Å². The van der Waals surface area contributed by atoms with Crippen molar-refractivity contribution in [3.63, 3.8) is 0 Å². The van der Waals surface area contributed by atoms with Gasteiger partial charge in [0.15, 0.2) is 5.78 Å². The monoisotopic (exact) mass is 244 g/mol. The number of halogens is 2. The SMILES string of the molecule is CC(=O)c1ccc2c(c1)C(F)(F)c1ccccc1-2. The first-order chi connectivity index (χ1) is 8.51. The number of ketones is 1. The molecule has 0 amide bonds. The second-order valence-corrected chi connectivity index (χ2v) is 4.44. The first-order valence-electron chi connectivity index (χ1n) is 5.65. The first-order valence-corrected chi connectivity index (χ1v) is 5.65. The summed E-state index contributed by atoms with van der Waals surface area (Å²) in [7, 11) is 0. The summed E-state index contributed by atoms with van der Waals surface area (Å²) in [6.45, 7) is 1.38. The Kier molecular flexibility index (Phi) is 2.14. The van der Waals surface area contributed by atoms with E-state index in [-0.39, 0.29) is 16.9 Å². The predicted molar refractivity (Wildman–Crippen MR) is 64.9 cm³/mol. The van der Waals surface area contributed by atoms with Crippen LogP contribution in [0.15, 0.2) is 42.5 Å². The van der Waals surface area contributed by atoms with Crippen molar-refractivity contribution in [2.24, 2.45) is 0 Å². The molecule has 0 fully saturated rings. The van der Waals surface area contributed by atoms with Crippen molar-refractivity contribution in [2.45, 2.75) is 12.8 Å². The van der Waals surface area contributed by atoms with Gasteiger partial charge in [-0.05, 0) is 24.1 Å². The highest BCUT2D eigenvalue weighted by Crippen LogP contribution is 2.50. The number of carbonyl (C=O) groups is 1. The van der Waals surface area contributed by atoms with Crippen LogP contribution < -0.4 is 0 Å². The van der Waals surface area contributed by atoms with E-state index in [1.807, 2.05) is 0 Å². The highest BCUT2D eigenvalue weighted by atomic mass is 19.3. The lowest BCUT2D eigenvalue weighted by atomic mass is 10.0. The fourth-order valence-electron chi connectivity index (χ4n) is 2.39. The number of hydrogen-bond donors (Lipinski definition) is 0. The molecule has 3 rings (SSSR count). The van der Waals surface area contributed by atoms with Crippen LogP contribution in [-0.4, -0.2) is 5.78 Å². The van der Waals surface area contributed by atoms with E-state index in [1.165, 1.54) is 19.1 Å². The minimum absolute atomic E-state index is 0.0145. The van der Waals surface area contributed by atoms with Crippen LogP contribution in [0.4, 0.5) is 8.78 Å². The van der Waals surface area contributed by atoms with Crippen molar-refractivity contribution in [3.05, 3.63) is 59.2 Å². The van der Waals surface area contributed by atoms with Crippen LogP contribution in [0, 0.1) is 0 Å². The van der Waals surface area contributed by atoms with Crippen LogP contribution in [0.2, 0.25) is 0 Å². The van der Waals surface area contributed by atoms with Gasteiger partial charge in [-0.1, -0.05) is 36.4 Å². The Hall–Kier alpha value is -2.03. The van der Waals surface area contributed by atoms with Crippen molar-refractivity contribution >= 4 is 5.78 Å². The summed E-state index contributed by atoms with van der Waals surface area (Å²) >= 11 is 0. The van der Waals surface area contributed by atoms with Crippen LogP contribution in [-0.2, 0) is 5.92 Å². The Morgan fingerprint density at radius 2 is 1.67 bits per heavy atom. The molecule has 0 heterocycles.